The number of aromatic hydroxyl groups is 1. The van der Waals surface area contributed by atoms with Gasteiger partial charge in [-0.15, -0.1) is 0 Å². The van der Waals surface area contributed by atoms with Crippen LogP contribution in [0.15, 0.2) is 48.5 Å². The van der Waals surface area contributed by atoms with Crippen LogP contribution in [0.4, 0.5) is 0 Å². The molecule has 2 atom stereocenters. The number of rotatable bonds is 2. The smallest absolute Gasteiger partial charge is 0.126 e. The van der Waals surface area contributed by atoms with Crippen LogP contribution in [0.2, 0.25) is 0 Å². The van der Waals surface area contributed by atoms with Crippen LogP contribution >= 0.6 is 0 Å². The summed E-state index contributed by atoms with van der Waals surface area (Å²) in [6.07, 6.45) is 0.705. The highest BCUT2D eigenvalue weighted by Crippen LogP contribution is 2.41. The van der Waals surface area contributed by atoms with E-state index in [1.165, 1.54) is 0 Å². The van der Waals surface area contributed by atoms with Gasteiger partial charge in [0.05, 0.1) is 6.04 Å². The van der Waals surface area contributed by atoms with E-state index >= 15 is 0 Å². The monoisotopic (exact) mass is 256 g/mol. The number of phenols is 1. The Hall–Kier alpha value is -2.04. The second kappa shape index (κ2) is 4.91. The molecule has 0 saturated carbocycles. The number of hydrogen-bond donors (Lipinski definition) is 3. The van der Waals surface area contributed by atoms with Crippen LogP contribution in [-0.2, 0) is 0 Å². The summed E-state index contributed by atoms with van der Waals surface area (Å²) in [5, 5.41) is 9.56. The number of hydrazine groups is 1. The van der Waals surface area contributed by atoms with E-state index < -0.39 is 0 Å². The molecule has 1 aliphatic rings. The fraction of sp³-hybridized carbons (Fsp3) is 0.200. The van der Waals surface area contributed by atoms with Gasteiger partial charge in [-0.05, 0) is 23.8 Å². The highest BCUT2D eigenvalue weighted by molar-refractivity contribution is 5.43. The first-order chi connectivity index (χ1) is 9.28. The van der Waals surface area contributed by atoms with Crippen molar-refractivity contribution in [2.45, 2.75) is 18.6 Å². The number of phenolic OH excluding ortho intramolecular Hbond substituents is 1. The first kappa shape index (κ1) is 12.0. The molecule has 1 heterocycles. The summed E-state index contributed by atoms with van der Waals surface area (Å²) in [7, 11) is 0. The molecule has 98 valence electrons. The number of hydrogen-bond acceptors (Lipinski definition) is 4. The molecule has 0 fully saturated rings. The Morgan fingerprint density at radius 2 is 1.95 bits per heavy atom. The van der Waals surface area contributed by atoms with Crippen molar-refractivity contribution in [3.8, 4) is 11.5 Å². The van der Waals surface area contributed by atoms with Crippen molar-refractivity contribution in [2.75, 3.05) is 0 Å². The maximum absolute atomic E-state index is 9.56. The van der Waals surface area contributed by atoms with Gasteiger partial charge in [0.1, 0.15) is 17.6 Å². The van der Waals surface area contributed by atoms with Crippen LogP contribution in [0, 0.1) is 0 Å². The number of ether oxygens (including phenoxy) is 1. The van der Waals surface area contributed by atoms with Gasteiger partial charge in [0.15, 0.2) is 0 Å². The Labute approximate surface area is 111 Å². The van der Waals surface area contributed by atoms with Crippen molar-refractivity contribution >= 4 is 0 Å². The van der Waals surface area contributed by atoms with Crippen molar-refractivity contribution in [3.05, 3.63) is 59.7 Å². The molecular formula is C15H16N2O2. The topological polar surface area (TPSA) is 67.5 Å². The van der Waals surface area contributed by atoms with Gasteiger partial charge in [0.25, 0.3) is 0 Å². The third-order valence-electron chi connectivity index (χ3n) is 3.46. The number of nitrogens with one attached hydrogen (secondary N) is 1. The molecule has 4 heteroatoms. The summed E-state index contributed by atoms with van der Waals surface area (Å²) in [5.41, 5.74) is 4.82. The van der Waals surface area contributed by atoms with Gasteiger partial charge in [-0.2, -0.15) is 0 Å². The Morgan fingerprint density at radius 1 is 1.16 bits per heavy atom. The van der Waals surface area contributed by atoms with Crippen LogP contribution in [0.5, 0.6) is 11.5 Å². The predicted octanol–water partition coefficient (Wildman–Crippen LogP) is 2.42. The molecule has 0 spiro atoms. The molecule has 0 amide bonds. The fourth-order valence-corrected chi connectivity index (χ4v) is 2.49. The van der Waals surface area contributed by atoms with Crippen molar-refractivity contribution in [1.82, 2.24) is 5.43 Å². The highest BCUT2D eigenvalue weighted by Gasteiger charge is 2.28. The maximum atomic E-state index is 9.56. The summed E-state index contributed by atoms with van der Waals surface area (Å²) in [6.45, 7) is 0. The predicted molar refractivity (Wildman–Crippen MR) is 72.6 cm³/mol. The second-order valence-electron chi connectivity index (χ2n) is 4.69. The minimum atomic E-state index is -0.0284. The largest absolute Gasteiger partial charge is 0.508 e. The lowest BCUT2D eigenvalue weighted by Crippen LogP contribution is -2.33. The van der Waals surface area contributed by atoms with Crippen LogP contribution in [-0.4, -0.2) is 5.11 Å². The third-order valence-corrected chi connectivity index (χ3v) is 3.46. The van der Waals surface area contributed by atoms with E-state index in [4.69, 9.17) is 10.6 Å². The highest BCUT2D eigenvalue weighted by atomic mass is 16.5. The first-order valence-electron chi connectivity index (χ1n) is 6.28. The van der Waals surface area contributed by atoms with Crippen molar-refractivity contribution in [3.63, 3.8) is 0 Å². The molecule has 4 N–H and O–H groups in total. The van der Waals surface area contributed by atoms with Gasteiger partial charge >= 0.3 is 0 Å². The van der Waals surface area contributed by atoms with E-state index in [0.717, 1.165) is 23.3 Å². The molecule has 4 nitrogen and oxygen atoms in total. The van der Waals surface area contributed by atoms with E-state index in [9.17, 15) is 5.11 Å². The van der Waals surface area contributed by atoms with Gasteiger partial charge in [-0.1, -0.05) is 30.3 Å². The van der Waals surface area contributed by atoms with E-state index in [-0.39, 0.29) is 17.9 Å². The summed E-state index contributed by atoms with van der Waals surface area (Å²) in [5.74, 6) is 6.61. The van der Waals surface area contributed by atoms with E-state index in [1.54, 1.807) is 18.2 Å². The first-order valence-corrected chi connectivity index (χ1v) is 6.28. The quantitative estimate of drug-likeness (QED) is 0.570. The minimum Gasteiger partial charge on any atom is -0.508 e. The zero-order valence-corrected chi connectivity index (χ0v) is 10.4. The SMILES string of the molecule is NN[C@@H]1C[C@H](c2ccccc2)Oc2ccc(O)cc21. The summed E-state index contributed by atoms with van der Waals surface area (Å²) >= 11 is 0. The molecule has 0 saturated heterocycles. The molecule has 2 aromatic rings. The molecule has 2 aromatic carbocycles. The molecule has 1 aliphatic heterocycles. The summed E-state index contributed by atoms with van der Waals surface area (Å²) < 4.78 is 6.00. The Kier molecular flexibility index (Phi) is 3.11. The standard InChI is InChI=1S/C15H16N2O2/c16-17-13-9-15(10-4-2-1-3-5-10)19-14-7-6-11(18)8-12(13)14/h1-8,13,15,17-18H,9,16H2/t13-,15-/m1/s1. The average molecular weight is 256 g/mol. The Morgan fingerprint density at radius 3 is 2.68 bits per heavy atom. The van der Waals surface area contributed by atoms with Crippen molar-refractivity contribution in [1.29, 1.82) is 0 Å². The average Bonchev–Trinajstić information content (AvgIpc) is 2.47. The van der Waals surface area contributed by atoms with E-state index in [2.05, 4.69) is 5.43 Å². The summed E-state index contributed by atoms with van der Waals surface area (Å²) in [4.78, 5) is 0. The van der Waals surface area contributed by atoms with Crippen LogP contribution < -0.4 is 16.0 Å². The van der Waals surface area contributed by atoms with Crippen LogP contribution in [0.25, 0.3) is 0 Å². The molecule has 3 rings (SSSR count). The van der Waals surface area contributed by atoms with Gasteiger partial charge < -0.3 is 9.84 Å². The molecule has 0 unspecified atom stereocenters. The molecule has 0 aromatic heterocycles. The van der Waals surface area contributed by atoms with E-state index in [1.807, 2.05) is 30.3 Å². The zero-order chi connectivity index (χ0) is 13.2. The van der Waals surface area contributed by atoms with Crippen LogP contribution in [0.1, 0.15) is 29.7 Å². The molecular weight excluding hydrogens is 240 g/mol. The Bertz CT molecular complexity index is 572. The lowest BCUT2D eigenvalue weighted by molar-refractivity contribution is 0.151. The van der Waals surface area contributed by atoms with Crippen molar-refractivity contribution in [2.24, 2.45) is 5.84 Å². The van der Waals surface area contributed by atoms with Gasteiger partial charge in [-0.25, -0.2) is 0 Å². The molecule has 0 radical (unpaired) electrons. The van der Waals surface area contributed by atoms with Gasteiger partial charge in [0.2, 0.25) is 0 Å². The molecule has 0 aliphatic carbocycles. The fourth-order valence-electron chi connectivity index (χ4n) is 2.49. The number of nitrogens with two attached hydrogens (primary N) is 1. The normalized spacial score (nSPS) is 21.5. The maximum Gasteiger partial charge on any atom is 0.126 e. The lowest BCUT2D eigenvalue weighted by Gasteiger charge is -2.32. The second-order valence-corrected chi connectivity index (χ2v) is 4.69. The van der Waals surface area contributed by atoms with Crippen LogP contribution in [0.3, 0.4) is 0 Å². The number of benzene rings is 2. The molecule has 0 bridgehead atoms. The lowest BCUT2D eigenvalue weighted by atomic mass is 9.93. The zero-order valence-electron chi connectivity index (χ0n) is 10.4. The van der Waals surface area contributed by atoms with Gasteiger partial charge in [-0.3, -0.25) is 11.3 Å². The van der Waals surface area contributed by atoms with E-state index in [0.29, 0.717) is 0 Å². The van der Waals surface area contributed by atoms with Gasteiger partial charge in [0, 0.05) is 12.0 Å². The van der Waals surface area contributed by atoms with Crippen molar-refractivity contribution < 1.29 is 9.84 Å². The minimum absolute atomic E-state index is 0.0268. The Balaban J connectivity index is 1.96. The summed E-state index contributed by atoms with van der Waals surface area (Å²) in [6, 6.07) is 15.1. The molecule has 19 heavy (non-hydrogen) atoms. The number of fused-ring (bicyclic) bond motifs is 1. The third kappa shape index (κ3) is 2.28.